The number of anilines is 2. The lowest BCUT2D eigenvalue weighted by molar-refractivity contribution is 0.769. The van der Waals surface area contributed by atoms with Gasteiger partial charge in [-0.15, -0.1) is 0 Å². The van der Waals surface area contributed by atoms with Crippen LogP contribution in [0.5, 0.6) is 0 Å². The SMILES string of the molecule is C=C(/C=C(/C)NCCC)Nc1nc(Sc2ccc(N)cc2)nc2ccccc12. The monoisotopic (exact) mass is 391 g/mol. The number of aromatic nitrogens is 2. The van der Waals surface area contributed by atoms with Gasteiger partial charge in [0.1, 0.15) is 5.82 Å². The predicted molar refractivity (Wildman–Crippen MR) is 119 cm³/mol. The van der Waals surface area contributed by atoms with Crippen molar-refractivity contribution in [1.82, 2.24) is 15.3 Å². The molecule has 28 heavy (non-hydrogen) atoms. The Bertz CT molecular complexity index is 995. The number of allylic oxidation sites excluding steroid dienone is 2. The highest BCUT2D eigenvalue weighted by molar-refractivity contribution is 7.99. The number of hydrogen-bond donors (Lipinski definition) is 3. The summed E-state index contributed by atoms with van der Waals surface area (Å²) < 4.78 is 0. The molecule has 0 fully saturated rings. The molecular formula is C22H25N5S. The summed E-state index contributed by atoms with van der Waals surface area (Å²) >= 11 is 1.50. The third kappa shape index (κ3) is 5.27. The minimum absolute atomic E-state index is 0.670. The molecule has 0 aliphatic heterocycles. The third-order valence-corrected chi connectivity index (χ3v) is 4.87. The van der Waals surface area contributed by atoms with Crippen molar-refractivity contribution in [3.8, 4) is 0 Å². The second kappa shape index (κ2) is 9.28. The van der Waals surface area contributed by atoms with E-state index in [1.807, 2.05) is 61.5 Å². The Hall–Kier alpha value is -2.99. The van der Waals surface area contributed by atoms with Crippen LogP contribution in [0.25, 0.3) is 10.9 Å². The van der Waals surface area contributed by atoms with Gasteiger partial charge in [0.25, 0.3) is 0 Å². The first-order chi connectivity index (χ1) is 13.5. The normalized spacial score (nSPS) is 11.4. The van der Waals surface area contributed by atoms with Crippen molar-refractivity contribution in [2.75, 3.05) is 17.6 Å². The van der Waals surface area contributed by atoms with Crippen LogP contribution in [0.15, 0.2) is 82.6 Å². The minimum Gasteiger partial charge on any atom is -0.399 e. The molecule has 0 saturated heterocycles. The maximum Gasteiger partial charge on any atom is 0.195 e. The second-order valence-electron chi connectivity index (χ2n) is 6.45. The smallest absolute Gasteiger partial charge is 0.195 e. The Morgan fingerprint density at radius 3 is 2.64 bits per heavy atom. The molecule has 1 aromatic heterocycles. The highest BCUT2D eigenvalue weighted by Crippen LogP contribution is 2.30. The van der Waals surface area contributed by atoms with E-state index in [9.17, 15) is 0 Å². The summed E-state index contributed by atoms with van der Waals surface area (Å²) in [6.45, 7) is 9.23. The lowest BCUT2D eigenvalue weighted by atomic mass is 10.2. The molecule has 0 amide bonds. The van der Waals surface area contributed by atoms with E-state index in [1.54, 1.807) is 0 Å². The molecule has 3 aromatic rings. The van der Waals surface area contributed by atoms with Gasteiger partial charge in [0.2, 0.25) is 0 Å². The summed E-state index contributed by atoms with van der Waals surface area (Å²) in [5.74, 6) is 0.744. The zero-order chi connectivity index (χ0) is 19.9. The van der Waals surface area contributed by atoms with Crippen molar-refractivity contribution >= 4 is 34.2 Å². The average Bonchev–Trinajstić information content (AvgIpc) is 2.68. The number of para-hydroxylation sites is 1. The van der Waals surface area contributed by atoms with Gasteiger partial charge in [0.05, 0.1) is 5.52 Å². The van der Waals surface area contributed by atoms with E-state index in [-0.39, 0.29) is 0 Å². The van der Waals surface area contributed by atoms with E-state index in [0.717, 1.165) is 51.7 Å². The van der Waals surface area contributed by atoms with Gasteiger partial charge in [0, 0.05) is 33.9 Å². The molecule has 0 radical (unpaired) electrons. The van der Waals surface area contributed by atoms with Gasteiger partial charge < -0.3 is 16.4 Å². The summed E-state index contributed by atoms with van der Waals surface area (Å²) in [5.41, 5.74) is 9.23. The molecule has 0 saturated carbocycles. The van der Waals surface area contributed by atoms with Crippen molar-refractivity contribution < 1.29 is 0 Å². The Kier molecular flexibility index (Phi) is 6.55. The fourth-order valence-corrected chi connectivity index (χ4v) is 3.42. The van der Waals surface area contributed by atoms with Crippen LogP contribution in [0, 0.1) is 0 Å². The Morgan fingerprint density at radius 2 is 1.89 bits per heavy atom. The van der Waals surface area contributed by atoms with E-state index in [1.165, 1.54) is 11.8 Å². The standard InChI is InChI=1S/C22H25N5S/c1-4-13-24-15(2)14-16(3)25-21-19-7-5-6-8-20(19)26-22(27-21)28-18-11-9-17(23)10-12-18/h5-12,14,24H,3-4,13,23H2,1-2H3,(H,25,26,27)/b15-14-. The van der Waals surface area contributed by atoms with Gasteiger partial charge in [-0.2, -0.15) is 0 Å². The maximum atomic E-state index is 5.77. The molecule has 0 aliphatic carbocycles. The van der Waals surface area contributed by atoms with Crippen molar-refractivity contribution in [2.24, 2.45) is 0 Å². The zero-order valence-electron chi connectivity index (χ0n) is 16.2. The number of nitrogens with zero attached hydrogens (tertiary/aromatic N) is 2. The number of fused-ring (bicyclic) bond motifs is 1. The molecule has 0 atom stereocenters. The van der Waals surface area contributed by atoms with Crippen LogP contribution >= 0.6 is 11.8 Å². The van der Waals surface area contributed by atoms with Gasteiger partial charge >= 0.3 is 0 Å². The van der Waals surface area contributed by atoms with E-state index in [4.69, 9.17) is 10.7 Å². The largest absolute Gasteiger partial charge is 0.399 e. The lowest BCUT2D eigenvalue weighted by Gasteiger charge is -2.12. The van der Waals surface area contributed by atoms with Gasteiger partial charge in [-0.1, -0.05) is 25.6 Å². The van der Waals surface area contributed by atoms with Crippen LogP contribution in [0.2, 0.25) is 0 Å². The number of hydrogen-bond acceptors (Lipinski definition) is 6. The molecule has 1 heterocycles. The topological polar surface area (TPSA) is 75.9 Å². The lowest BCUT2D eigenvalue weighted by Crippen LogP contribution is -2.12. The van der Waals surface area contributed by atoms with E-state index >= 15 is 0 Å². The first-order valence-corrected chi connectivity index (χ1v) is 10.0. The van der Waals surface area contributed by atoms with Crippen LogP contribution in [0.4, 0.5) is 11.5 Å². The molecule has 0 bridgehead atoms. The Labute approximate surface area is 170 Å². The van der Waals surface area contributed by atoms with Crippen LogP contribution < -0.4 is 16.4 Å². The van der Waals surface area contributed by atoms with E-state index in [2.05, 4.69) is 29.1 Å². The Balaban J connectivity index is 1.87. The van der Waals surface area contributed by atoms with Gasteiger partial charge in [-0.05, 0) is 67.6 Å². The molecule has 6 heteroatoms. The molecule has 0 spiro atoms. The predicted octanol–water partition coefficient (Wildman–Crippen LogP) is 5.19. The van der Waals surface area contributed by atoms with Crippen LogP contribution in [-0.2, 0) is 0 Å². The van der Waals surface area contributed by atoms with Gasteiger partial charge in [0.15, 0.2) is 5.16 Å². The van der Waals surface area contributed by atoms with Crippen molar-refractivity contribution in [2.45, 2.75) is 30.3 Å². The van der Waals surface area contributed by atoms with Crippen molar-refractivity contribution in [1.29, 1.82) is 0 Å². The van der Waals surface area contributed by atoms with Crippen LogP contribution in [0.1, 0.15) is 20.3 Å². The van der Waals surface area contributed by atoms with Crippen LogP contribution in [-0.4, -0.2) is 16.5 Å². The molecular weight excluding hydrogens is 366 g/mol. The first-order valence-electron chi connectivity index (χ1n) is 9.23. The number of benzene rings is 2. The van der Waals surface area contributed by atoms with Crippen molar-refractivity contribution in [3.63, 3.8) is 0 Å². The van der Waals surface area contributed by atoms with E-state index in [0.29, 0.717) is 5.16 Å². The van der Waals surface area contributed by atoms with Gasteiger partial charge in [-0.3, -0.25) is 0 Å². The quantitative estimate of drug-likeness (QED) is 0.279. The summed E-state index contributed by atoms with van der Waals surface area (Å²) in [6.07, 6.45) is 3.06. The molecule has 2 aromatic carbocycles. The summed E-state index contributed by atoms with van der Waals surface area (Å²) in [5, 5.41) is 8.31. The van der Waals surface area contributed by atoms with Crippen molar-refractivity contribution in [3.05, 3.63) is 72.6 Å². The molecule has 5 nitrogen and oxygen atoms in total. The number of rotatable bonds is 8. The van der Waals surface area contributed by atoms with Gasteiger partial charge in [-0.25, -0.2) is 9.97 Å². The summed E-state index contributed by atoms with van der Waals surface area (Å²) in [4.78, 5) is 10.4. The van der Waals surface area contributed by atoms with Crippen LogP contribution in [0.3, 0.4) is 0 Å². The summed E-state index contributed by atoms with van der Waals surface area (Å²) in [7, 11) is 0. The average molecular weight is 392 g/mol. The minimum atomic E-state index is 0.670. The first kappa shape index (κ1) is 19.8. The zero-order valence-corrected chi connectivity index (χ0v) is 17.0. The third-order valence-electron chi connectivity index (χ3n) is 4.00. The maximum absolute atomic E-state index is 5.77. The van der Waals surface area contributed by atoms with E-state index < -0.39 is 0 Å². The fraction of sp³-hybridized carbons (Fsp3) is 0.182. The number of nitrogens with one attached hydrogen (secondary N) is 2. The molecule has 0 unspecified atom stereocenters. The number of nitrogens with two attached hydrogens (primary N) is 1. The Morgan fingerprint density at radius 1 is 1.14 bits per heavy atom. The number of nitrogen functional groups attached to an aromatic ring is 1. The molecule has 0 aliphatic rings. The summed E-state index contributed by atoms with van der Waals surface area (Å²) in [6, 6.07) is 15.6. The second-order valence-corrected chi connectivity index (χ2v) is 7.49. The highest BCUT2D eigenvalue weighted by Gasteiger charge is 2.09. The fourth-order valence-electron chi connectivity index (χ4n) is 2.66. The molecule has 144 valence electrons. The molecule has 4 N–H and O–H groups in total. The molecule has 3 rings (SSSR count). The highest BCUT2D eigenvalue weighted by atomic mass is 32.2.